The average Bonchev–Trinajstić information content (AvgIpc) is 3.16. The van der Waals surface area contributed by atoms with Crippen molar-refractivity contribution in [1.82, 2.24) is 4.90 Å². The number of fused-ring (bicyclic) bond motifs is 5. The van der Waals surface area contributed by atoms with Gasteiger partial charge >= 0.3 is 5.97 Å². The first-order chi connectivity index (χ1) is 12.3. The summed E-state index contributed by atoms with van der Waals surface area (Å²) in [5.74, 6) is 1.22. The van der Waals surface area contributed by atoms with E-state index in [1.54, 1.807) is 7.11 Å². The molecule has 2 bridgehead atoms. The number of rotatable bonds is 3. The van der Waals surface area contributed by atoms with Crippen molar-refractivity contribution >= 4 is 11.8 Å². The fraction of sp³-hybridized carbons (Fsp3) is 0.818. The number of ketones is 1. The highest BCUT2D eigenvalue weighted by molar-refractivity contribution is 5.89. The molecule has 2 heterocycles. The van der Waals surface area contributed by atoms with Gasteiger partial charge in [0, 0.05) is 30.3 Å². The number of nitrogens with zero attached hydrogens (tertiary/aromatic N) is 1. The van der Waals surface area contributed by atoms with Gasteiger partial charge < -0.3 is 4.74 Å². The molecule has 6 atom stereocenters. The predicted octanol–water partition coefficient (Wildman–Crippen LogP) is 3.35. The van der Waals surface area contributed by atoms with E-state index in [0.29, 0.717) is 30.5 Å². The molecule has 2 saturated carbocycles. The molecule has 0 unspecified atom stereocenters. The number of hydrogen-bond acceptors (Lipinski definition) is 4. The number of allylic oxidation sites excluding steroid dienone is 1. The van der Waals surface area contributed by atoms with Gasteiger partial charge in [0.15, 0.2) is 0 Å². The molecular weight excluding hydrogens is 326 g/mol. The third kappa shape index (κ3) is 1.75. The smallest absolute Gasteiger partial charge is 0.313 e. The number of Topliss-reactive ketones (excluding diaryl/α,β-unsaturated/α-hetero) is 1. The van der Waals surface area contributed by atoms with E-state index < -0.39 is 0 Å². The van der Waals surface area contributed by atoms with Gasteiger partial charge in [-0.25, -0.2) is 0 Å². The van der Waals surface area contributed by atoms with Gasteiger partial charge in [0.2, 0.25) is 0 Å². The summed E-state index contributed by atoms with van der Waals surface area (Å²) in [6.45, 7) is 7.92. The molecule has 0 aromatic carbocycles. The van der Waals surface area contributed by atoms with Crippen LogP contribution in [0, 0.1) is 28.1 Å². The van der Waals surface area contributed by atoms with Crippen molar-refractivity contribution in [3.63, 3.8) is 0 Å². The van der Waals surface area contributed by atoms with Crippen molar-refractivity contribution in [2.24, 2.45) is 28.1 Å². The highest BCUT2D eigenvalue weighted by atomic mass is 16.5. The Labute approximate surface area is 156 Å². The maximum atomic E-state index is 13.2. The van der Waals surface area contributed by atoms with E-state index in [-0.39, 0.29) is 34.3 Å². The molecule has 2 aliphatic heterocycles. The van der Waals surface area contributed by atoms with Crippen molar-refractivity contribution in [1.29, 1.82) is 0 Å². The Morgan fingerprint density at radius 1 is 1.31 bits per heavy atom. The van der Waals surface area contributed by atoms with Gasteiger partial charge in [0.1, 0.15) is 5.78 Å². The van der Waals surface area contributed by atoms with Crippen LogP contribution >= 0.6 is 0 Å². The third-order valence-corrected chi connectivity index (χ3v) is 8.45. The number of ether oxygens (including phenoxy) is 1. The first-order valence-electron chi connectivity index (χ1n) is 10.4. The van der Waals surface area contributed by atoms with E-state index in [9.17, 15) is 9.59 Å². The lowest BCUT2D eigenvalue weighted by Crippen LogP contribution is -2.47. The van der Waals surface area contributed by atoms with E-state index in [0.717, 1.165) is 32.2 Å². The molecular formula is C22H31NO3. The largest absolute Gasteiger partial charge is 0.469 e. The van der Waals surface area contributed by atoms with E-state index >= 15 is 0 Å². The maximum absolute atomic E-state index is 13.2. The highest BCUT2D eigenvalue weighted by Crippen LogP contribution is 2.83. The first-order valence-corrected chi connectivity index (χ1v) is 10.4. The zero-order valence-electron chi connectivity index (χ0n) is 16.5. The SMILES string of the molecule is CCCN1[C@@H]2CC(=O)C[C@H]1[C@@]13C[C@]1(C(=O)OC)[C@H]1CC(C)(C)C[C@H]1C=C23. The predicted molar refractivity (Wildman–Crippen MR) is 98.4 cm³/mol. The molecule has 4 nitrogen and oxygen atoms in total. The summed E-state index contributed by atoms with van der Waals surface area (Å²) in [5.41, 5.74) is 1.23. The second-order valence-corrected chi connectivity index (χ2v) is 10.3. The number of methoxy groups -OCH3 is 1. The lowest BCUT2D eigenvalue weighted by Gasteiger charge is -2.38. The van der Waals surface area contributed by atoms with Gasteiger partial charge in [-0.3, -0.25) is 14.5 Å². The van der Waals surface area contributed by atoms with E-state index in [2.05, 4.69) is 31.7 Å². The minimum atomic E-state index is -0.375. The minimum Gasteiger partial charge on any atom is -0.469 e. The molecule has 3 aliphatic carbocycles. The topological polar surface area (TPSA) is 46.6 Å². The Morgan fingerprint density at radius 2 is 2.08 bits per heavy atom. The van der Waals surface area contributed by atoms with Crippen LogP contribution in [-0.2, 0) is 14.3 Å². The summed E-state index contributed by atoms with van der Waals surface area (Å²) >= 11 is 0. The van der Waals surface area contributed by atoms with Crippen LogP contribution in [0.5, 0.6) is 0 Å². The van der Waals surface area contributed by atoms with Crippen LogP contribution in [0.3, 0.4) is 0 Å². The Balaban J connectivity index is 1.67. The summed E-state index contributed by atoms with van der Waals surface area (Å²) in [6, 6.07) is 0.445. The Hall–Kier alpha value is -1.16. The molecule has 0 amide bonds. The lowest BCUT2D eigenvalue weighted by molar-refractivity contribution is -0.152. The molecule has 0 aromatic rings. The molecule has 26 heavy (non-hydrogen) atoms. The average molecular weight is 357 g/mol. The fourth-order valence-electron chi connectivity index (χ4n) is 7.81. The van der Waals surface area contributed by atoms with Crippen molar-refractivity contribution < 1.29 is 14.3 Å². The van der Waals surface area contributed by atoms with Crippen molar-refractivity contribution in [3.05, 3.63) is 11.6 Å². The van der Waals surface area contributed by atoms with Gasteiger partial charge in [-0.15, -0.1) is 0 Å². The molecule has 5 aliphatic rings. The van der Waals surface area contributed by atoms with E-state index in [4.69, 9.17) is 4.74 Å². The molecule has 4 heteroatoms. The highest BCUT2D eigenvalue weighted by Gasteiger charge is 2.86. The van der Waals surface area contributed by atoms with Gasteiger partial charge in [0.05, 0.1) is 12.5 Å². The molecule has 0 N–H and O–H groups in total. The fourth-order valence-corrected chi connectivity index (χ4v) is 7.81. The molecule has 2 saturated heterocycles. The van der Waals surface area contributed by atoms with Gasteiger partial charge in [0.25, 0.3) is 0 Å². The van der Waals surface area contributed by atoms with E-state index in [1.165, 1.54) is 5.57 Å². The van der Waals surface area contributed by atoms with Crippen molar-refractivity contribution in [2.75, 3.05) is 13.7 Å². The van der Waals surface area contributed by atoms with Crippen LogP contribution < -0.4 is 0 Å². The zero-order valence-corrected chi connectivity index (χ0v) is 16.5. The first kappa shape index (κ1) is 17.0. The summed E-state index contributed by atoms with van der Waals surface area (Å²) in [7, 11) is 1.55. The molecule has 1 spiro atoms. The number of piperidine rings is 1. The number of carbonyl (C=O) groups is 2. The van der Waals surface area contributed by atoms with Crippen LogP contribution in [0.4, 0.5) is 0 Å². The molecule has 142 valence electrons. The summed E-state index contributed by atoms with van der Waals surface area (Å²) in [4.78, 5) is 28.3. The molecule has 0 radical (unpaired) electrons. The molecule has 4 fully saturated rings. The van der Waals surface area contributed by atoms with Crippen LogP contribution in [0.2, 0.25) is 0 Å². The molecule has 5 rings (SSSR count). The maximum Gasteiger partial charge on any atom is 0.313 e. The Bertz CT molecular complexity index is 725. The second-order valence-electron chi connectivity index (χ2n) is 10.3. The molecule has 0 aromatic heterocycles. The Kier molecular flexibility index (Phi) is 3.27. The van der Waals surface area contributed by atoms with Gasteiger partial charge in [-0.05, 0) is 55.1 Å². The van der Waals surface area contributed by atoms with Crippen molar-refractivity contribution in [3.8, 4) is 0 Å². The summed E-state index contributed by atoms with van der Waals surface area (Å²) in [5, 5.41) is 0. The summed E-state index contributed by atoms with van der Waals surface area (Å²) < 4.78 is 5.41. The van der Waals surface area contributed by atoms with E-state index in [1.807, 2.05) is 0 Å². The number of hydrogen-bond donors (Lipinski definition) is 0. The second kappa shape index (κ2) is 5.01. The van der Waals surface area contributed by atoms with Gasteiger partial charge in [-0.2, -0.15) is 0 Å². The van der Waals surface area contributed by atoms with Crippen LogP contribution in [0.1, 0.15) is 59.3 Å². The summed E-state index contributed by atoms with van der Waals surface area (Å²) in [6.07, 6.45) is 8.03. The van der Waals surface area contributed by atoms with Crippen LogP contribution in [0.25, 0.3) is 0 Å². The van der Waals surface area contributed by atoms with Crippen LogP contribution in [0.15, 0.2) is 11.6 Å². The van der Waals surface area contributed by atoms with Gasteiger partial charge in [-0.1, -0.05) is 26.8 Å². The van der Waals surface area contributed by atoms with Crippen LogP contribution in [-0.4, -0.2) is 42.4 Å². The lowest BCUT2D eigenvalue weighted by atomic mass is 9.66. The van der Waals surface area contributed by atoms with Crippen molar-refractivity contribution in [2.45, 2.75) is 71.4 Å². The number of esters is 1. The number of carbonyl (C=O) groups excluding carboxylic acids is 2. The minimum absolute atomic E-state index is 0.00718. The normalized spacial score (nSPS) is 47.7. The standard InChI is InChI=1S/C22H31NO3/c1-5-6-23-17-8-14(24)9-18(23)21-12-22(21,19(25)26-4)16-11-20(2,3)10-13(16)7-15(17)21/h7,13,16-18H,5-6,8-12H2,1-4H3/t13-,16+,17-,18+,21+,22-/m1/s1. The zero-order chi connectivity index (χ0) is 18.5. The Morgan fingerprint density at radius 3 is 2.77 bits per heavy atom. The quantitative estimate of drug-likeness (QED) is 0.574. The monoisotopic (exact) mass is 357 g/mol. The third-order valence-electron chi connectivity index (χ3n) is 8.45.